The topological polar surface area (TPSA) is 85.6 Å². The lowest BCUT2D eigenvalue weighted by molar-refractivity contribution is -0.0380. The van der Waals surface area contributed by atoms with E-state index in [2.05, 4.69) is 38.0 Å². The number of ether oxygens (including phenoxy) is 2. The summed E-state index contributed by atoms with van der Waals surface area (Å²) in [6, 6.07) is 10.3. The third-order valence-electron chi connectivity index (χ3n) is 7.48. The molecule has 3 aliphatic heterocycles. The molecule has 0 N–H and O–H groups in total. The molecule has 1 amide bonds. The van der Waals surface area contributed by atoms with E-state index >= 15 is 0 Å². The van der Waals surface area contributed by atoms with E-state index in [1.807, 2.05) is 67.5 Å². The van der Waals surface area contributed by atoms with Crippen molar-refractivity contribution in [1.82, 2.24) is 24.4 Å². The van der Waals surface area contributed by atoms with E-state index in [4.69, 9.17) is 42.8 Å². The molecule has 220 valence electrons. The standard InChI is InChI=1S/C29H30Cl2IN6O3P/c1-16(26-22(30)12-33-13-23(26)31)40-20-6-7-24-21(10-20)27(35-38(24)42-32)17-5-8-25(34-11-17)36-14-18-9-19(15-36)37(18)28(39)41-29(2,3)4/h5-8,10-13,16,18-19,42H,9,14-15H2,1-4H3/t16-,18?,19?/m1/s1. The summed E-state index contributed by atoms with van der Waals surface area (Å²) in [5, 5.41) is 6.80. The summed E-state index contributed by atoms with van der Waals surface area (Å²) in [5.41, 5.74) is 2.96. The number of nitrogens with zero attached hydrogens (tertiary/aromatic N) is 6. The Kier molecular flexibility index (Phi) is 8.19. The van der Waals surface area contributed by atoms with Crippen molar-refractivity contribution in [2.24, 2.45) is 0 Å². The zero-order valence-corrected chi connectivity index (χ0v) is 28.2. The lowest BCUT2D eigenvalue weighted by Gasteiger charge is -2.56. The lowest BCUT2D eigenvalue weighted by Crippen LogP contribution is -2.70. The van der Waals surface area contributed by atoms with E-state index in [0.717, 1.165) is 47.5 Å². The Morgan fingerprint density at radius 3 is 2.43 bits per heavy atom. The van der Waals surface area contributed by atoms with Gasteiger partial charge in [0.1, 0.15) is 29.0 Å². The fourth-order valence-electron chi connectivity index (χ4n) is 5.64. The number of carbonyl (C=O) groups excluding carboxylic acids is 1. The molecule has 4 atom stereocenters. The highest BCUT2D eigenvalue weighted by molar-refractivity contribution is 14.2. The predicted molar refractivity (Wildman–Crippen MR) is 176 cm³/mol. The van der Waals surface area contributed by atoms with Crippen LogP contribution in [0.25, 0.3) is 22.2 Å². The van der Waals surface area contributed by atoms with Crippen LogP contribution in [0.15, 0.2) is 48.9 Å². The number of piperazine rings is 1. The van der Waals surface area contributed by atoms with Crippen molar-refractivity contribution in [3.63, 3.8) is 0 Å². The van der Waals surface area contributed by atoms with Crippen molar-refractivity contribution >= 4 is 74.4 Å². The van der Waals surface area contributed by atoms with Crippen molar-refractivity contribution < 1.29 is 14.3 Å². The Morgan fingerprint density at radius 2 is 1.81 bits per heavy atom. The minimum Gasteiger partial charge on any atom is -0.486 e. The number of fused-ring (bicyclic) bond motifs is 3. The maximum Gasteiger partial charge on any atom is 0.410 e. The molecule has 1 aromatic carbocycles. The van der Waals surface area contributed by atoms with Crippen LogP contribution in [0.5, 0.6) is 5.75 Å². The molecule has 9 nitrogen and oxygen atoms in total. The SMILES string of the molecule is C[C@@H](Oc1ccc2c(c1)c(-c1ccc(N3CC4CC(C3)N4C(=O)OC(C)(C)C)nc1)nn2PI)c1c(Cl)cncc1Cl. The maximum absolute atomic E-state index is 12.7. The molecule has 42 heavy (non-hydrogen) atoms. The Hall–Kier alpha value is -2.40. The smallest absolute Gasteiger partial charge is 0.410 e. The molecule has 3 aromatic heterocycles. The van der Waals surface area contributed by atoms with Crippen LogP contribution in [0.1, 0.15) is 45.8 Å². The summed E-state index contributed by atoms with van der Waals surface area (Å²) in [4.78, 5) is 25.6. The normalized spacial score (nSPS) is 19.3. The Bertz CT molecular complexity index is 1610. The van der Waals surface area contributed by atoms with E-state index in [1.165, 1.54) is 0 Å². The first kappa shape index (κ1) is 29.7. The minimum atomic E-state index is -0.501. The van der Waals surface area contributed by atoms with Gasteiger partial charge in [0.2, 0.25) is 0 Å². The summed E-state index contributed by atoms with van der Waals surface area (Å²) in [5.74, 6) is 1.57. The van der Waals surface area contributed by atoms with Gasteiger partial charge in [0, 0.05) is 48.2 Å². The zero-order chi connectivity index (χ0) is 29.8. The van der Waals surface area contributed by atoms with E-state index in [9.17, 15) is 4.79 Å². The van der Waals surface area contributed by atoms with Crippen LogP contribution in [0.4, 0.5) is 10.6 Å². The number of anilines is 1. The third-order valence-corrected chi connectivity index (χ3v) is 9.96. The van der Waals surface area contributed by atoms with Crippen molar-refractivity contribution in [1.29, 1.82) is 0 Å². The van der Waals surface area contributed by atoms with Crippen LogP contribution in [0, 0.1) is 0 Å². The van der Waals surface area contributed by atoms with Gasteiger partial charge >= 0.3 is 6.09 Å². The largest absolute Gasteiger partial charge is 0.486 e. The summed E-state index contributed by atoms with van der Waals surface area (Å²) in [6.07, 6.45) is 5.83. The Labute approximate surface area is 269 Å². The van der Waals surface area contributed by atoms with Crippen molar-refractivity contribution in [3.05, 3.63) is 64.5 Å². The molecule has 6 heterocycles. The van der Waals surface area contributed by atoms with Crippen LogP contribution in [-0.2, 0) is 4.74 Å². The number of carbonyl (C=O) groups is 1. The Balaban J connectivity index is 1.21. The number of hydrogen-bond donors (Lipinski definition) is 0. The molecule has 0 radical (unpaired) electrons. The molecule has 2 bridgehead atoms. The molecule has 3 saturated heterocycles. The van der Waals surface area contributed by atoms with Crippen LogP contribution < -0.4 is 9.64 Å². The van der Waals surface area contributed by atoms with E-state index in [0.29, 0.717) is 27.7 Å². The Morgan fingerprint density at radius 1 is 1.10 bits per heavy atom. The summed E-state index contributed by atoms with van der Waals surface area (Å²) >= 11 is 15.1. The number of hydrogen-bond acceptors (Lipinski definition) is 7. The number of pyridine rings is 2. The third kappa shape index (κ3) is 5.75. The van der Waals surface area contributed by atoms with Gasteiger partial charge in [0.15, 0.2) is 0 Å². The van der Waals surface area contributed by atoms with Gasteiger partial charge in [-0.15, -0.1) is 0 Å². The highest BCUT2D eigenvalue weighted by Gasteiger charge is 2.49. The van der Waals surface area contributed by atoms with Gasteiger partial charge in [0.25, 0.3) is 0 Å². The molecule has 3 aliphatic rings. The molecule has 0 saturated carbocycles. The van der Waals surface area contributed by atoms with Crippen LogP contribution in [0.2, 0.25) is 10.0 Å². The second-order valence-electron chi connectivity index (χ2n) is 11.5. The van der Waals surface area contributed by atoms with E-state index in [-0.39, 0.29) is 24.3 Å². The van der Waals surface area contributed by atoms with Gasteiger partial charge in [-0.25, -0.2) is 14.2 Å². The van der Waals surface area contributed by atoms with Crippen LogP contribution >= 0.6 is 51.6 Å². The highest BCUT2D eigenvalue weighted by Crippen LogP contribution is 2.39. The molecule has 0 spiro atoms. The van der Waals surface area contributed by atoms with Crippen molar-refractivity contribution in [3.8, 4) is 17.0 Å². The molecule has 7 rings (SSSR count). The fourth-order valence-corrected chi connectivity index (χ4v) is 7.84. The van der Waals surface area contributed by atoms with Gasteiger partial charge in [-0.1, -0.05) is 23.2 Å². The first-order valence-corrected chi connectivity index (χ1v) is 18.4. The monoisotopic (exact) mass is 738 g/mol. The molecule has 4 aromatic rings. The molecule has 13 heteroatoms. The van der Waals surface area contributed by atoms with Gasteiger partial charge in [0.05, 0.1) is 34.0 Å². The quantitative estimate of drug-likeness (QED) is 0.147. The average Bonchev–Trinajstić information content (AvgIpc) is 3.30. The number of piperidine rings is 1. The van der Waals surface area contributed by atoms with Crippen molar-refractivity contribution in [2.45, 2.75) is 57.9 Å². The fraction of sp³-hybridized carbons (Fsp3) is 0.379. The molecular formula is C29H30Cl2IN6O3P. The first-order valence-electron chi connectivity index (χ1n) is 13.6. The second kappa shape index (κ2) is 11.6. The number of aromatic nitrogens is 4. The molecule has 3 fully saturated rings. The van der Waals surface area contributed by atoms with E-state index in [1.54, 1.807) is 12.4 Å². The molecular weight excluding hydrogens is 709 g/mol. The predicted octanol–water partition coefficient (Wildman–Crippen LogP) is 7.93. The van der Waals surface area contributed by atoms with Gasteiger partial charge < -0.3 is 14.4 Å². The minimum absolute atomic E-state index is 0.141. The van der Waals surface area contributed by atoms with Crippen LogP contribution in [0.3, 0.4) is 0 Å². The average molecular weight is 739 g/mol. The summed E-state index contributed by atoms with van der Waals surface area (Å²) < 4.78 is 13.9. The van der Waals surface area contributed by atoms with Gasteiger partial charge in [-0.2, -0.15) is 5.10 Å². The summed E-state index contributed by atoms with van der Waals surface area (Å²) in [6.45, 7) is 9.07. The lowest BCUT2D eigenvalue weighted by atomic mass is 9.88. The first-order chi connectivity index (χ1) is 20.0. The van der Waals surface area contributed by atoms with E-state index < -0.39 is 5.60 Å². The number of rotatable bonds is 6. The highest BCUT2D eigenvalue weighted by atomic mass is 127. The second-order valence-corrected chi connectivity index (χ2v) is 14.4. The van der Waals surface area contributed by atoms with Gasteiger partial charge in [-0.05, 0) is 86.5 Å². The zero-order valence-electron chi connectivity index (χ0n) is 23.5. The van der Waals surface area contributed by atoms with Crippen LogP contribution in [-0.4, -0.2) is 61.3 Å². The van der Waals surface area contributed by atoms with Gasteiger partial charge in [-0.3, -0.25) is 9.88 Å². The maximum atomic E-state index is 12.7. The molecule has 3 unspecified atom stereocenters. The number of halogens is 3. The molecule has 0 aliphatic carbocycles. The number of amides is 1. The van der Waals surface area contributed by atoms with Crippen molar-refractivity contribution in [2.75, 3.05) is 18.0 Å². The summed E-state index contributed by atoms with van der Waals surface area (Å²) in [7, 11) is 0. The number of benzene rings is 1.